The number of carbonyl (C=O) groups is 1. The zero-order valence-corrected chi connectivity index (χ0v) is 15.4. The maximum absolute atomic E-state index is 13.1. The second-order valence-electron chi connectivity index (χ2n) is 7.04. The lowest BCUT2D eigenvalue weighted by molar-refractivity contribution is 0.0711. The van der Waals surface area contributed by atoms with E-state index >= 15 is 0 Å². The molecule has 7 nitrogen and oxygen atoms in total. The van der Waals surface area contributed by atoms with Crippen LogP contribution >= 0.6 is 0 Å². The molecular formula is C22H18N4O3. The van der Waals surface area contributed by atoms with E-state index in [1.807, 2.05) is 36.4 Å². The lowest BCUT2D eigenvalue weighted by Gasteiger charge is -2.31. The number of phenols is 1. The Morgan fingerprint density at radius 1 is 1.14 bits per heavy atom. The fraction of sp³-hybridized carbons (Fsp3) is 0.136. The summed E-state index contributed by atoms with van der Waals surface area (Å²) in [5.74, 6) is 0.396. The standard InChI is InChI=1S/C22H18N4O3/c27-16-8-4-7-15(9-16)17-11-26(12-19-21(17)24-13-23-19)22(28)18-10-20(29-25-18)14-5-2-1-3-6-14/h1-10,13,17,27H,11-12H2,(H,23,24). The molecule has 2 N–H and O–H groups in total. The Labute approximate surface area is 166 Å². The molecule has 0 saturated heterocycles. The van der Waals surface area contributed by atoms with Gasteiger partial charge < -0.3 is 19.5 Å². The number of fused-ring (bicyclic) bond motifs is 1. The topological polar surface area (TPSA) is 95.3 Å². The summed E-state index contributed by atoms with van der Waals surface area (Å²) in [6.45, 7) is 0.852. The summed E-state index contributed by atoms with van der Waals surface area (Å²) < 4.78 is 5.39. The summed E-state index contributed by atoms with van der Waals surface area (Å²) in [5.41, 5.74) is 3.81. The Kier molecular flexibility index (Phi) is 4.13. The van der Waals surface area contributed by atoms with Crippen LogP contribution in [0.4, 0.5) is 0 Å². The molecule has 29 heavy (non-hydrogen) atoms. The molecule has 0 radical (unpaired) electrons. The number of imidazole rings is 1. The molecule has 0 aliphatic carbocycles. The molecule has 2 aromatic carbocycles. The monoisotopic (exact) mass is 386 g/mol. The van der Waals surface area contributed by atoms with Crippen molar-refractivity contribution in [3.8, 4) is 17.1 Å². The van der Waals surface area contributed by atoms with E-state index in [2.05, 4.69) is 15.1 Å². The highest BCUT2D eigenvalue weighted by molar-refractivity contribution is 5.93. The molecule has 0 spiro atoms. The second-order valence-corrected chi connectivity index (χ2v) is 7.04. The summed E-state index contributed by atoms with van der Waals surface area (Å²) in [6.07, 6.45) is 1.64. The Hall–Kier alpha value is -3.87. The summed E-state index contributed by atoms with van der Waals surface area (Å²) in [7, 11) is 0. The molecule has 0 fully saturated rings. The number of H-pyrrole nitrogens is 1. The number of carbonyl (C=O) groups excluding carboxylic acids is 1. The first-order valence-corrected chi connectivity index (χ1v) is 9.31. The van der Waals surface area contributed by atoms with Crippen molar-refractivity contribution in [3.63, 3.8) is 0 Å². The van der Waals surface area contributed by atoms with E-state index in [0.717, 1.165) is 22.5 Å². The molecule has 2 aromatic heterocycles. The quantitative estimate of drug-likeness (QED) is 0.561. The maximum atomic E-state index is 13.1. The van der Waals surface area contributed by atoms with Gasteiger partial charge in [0.25, 0.3) is 5.91 Å². The summed E-state index contributed by atoms with van der Waals surface area (Å²) in [6, 6.07) is 18.3. The van der Waals surface area contributed by atoms with Crippen molar-refractivity contribution in [1.29, 1.82) is 0 Å². The molecule has 7 heteroatoms. The Morgan fingerprint density at radius 3 is 2.83 bits per heavy atom. The number of amides is 1. The molecule has 1 aliphatic rings. The first-order valence-electron chi connectivity index (χ1n) is 9.31. The van der Waals surface area contributed by atoms with Gasteiger partial charge in [-0.3, -0.25) is 4.79 Å². The average molecular weight is 386 g/mol. The Bertz CT molecular complexity index is 1170. The van der Waals surface area contributed by atoms with Crippen LogP contribution in [0.2, 0.25) is 0 Å². The van der Waals surface area contributed by atoms with Crippen LogP contribution in [0.3, 0.4) is 0 Å². The number of aromatic hydroxyl groups is 1. The van der Waals surface area contributed by atoms with Crippen LogP contribution in [0, 0.1) is 0 Å². The van der Waals surface area contributed by atoms with Crippen LogP contribution in [0.1, 0.15) is 33.4 Å². The van der Waals surface area contributed by atoms with Gasteiger partial charge in [-0.1, -0.05) is 47.6 Å². The van der Waals surface area contributed by atoms with Crippen molar-refractivity contribution in [2.75, 3.05) is 6.54 Å². The molecule has 0 saturated carbocycles. The zero-order chi connectivity index (χ0) is 19.8. The Balaban J connectivity index is 1.45. The lowest BCUT2D eigenvalue weighted by atomic mass is 9.90. The van der Waals surface area contributed by atoms with Crippen molar-refractivity contribution in [2.45, 2.75) is 12.5 Å². The van der Waals surface area contributed by atoms with Gasteiger partial charge in [-0.15, -0.1) is 0 Å². The highest BCUT2D eigenvalue weighted by Crippen LogP contribution is 2.33. The molecule has 144 valence electrons. The molecule has 5 rings (SSSR count). The van der Waals surface area contributed by atoms with Gasteiger partial charge >= 0.3 is 0 Å². The average Bonchev–Trinajstić information content (AvgIpc) is 3.43. The smallest absolute Gasteiger partial charge is 0.276 e. The first-order chi connectivity index (χ1) is 14.2. The van der Waals surface area contributed by atoms with Gasteiger partial charge in [0.15, 0.2) is 11.5 Å². The van der Waals surface area contributed by atoms with Crippen LogP contribution in [-0.4, -0.2) is 37.6 Å². The largest absolute Gasteiger partial charge is 0.508 e. The SMILES string of the molecule is O=C(c1cc(-c2ccccc2)on1)N1Cc2[nH]cnc2C(c2cccc(O)c2)C1. The van der Waals surface area contributed by atoms with Crippen LogP contribution in [-0.2, 0) is 6.54 Å². The third-order valence-electron chi connectivity index (χ3n) is 5.18. The minimum atomic E-state index is -0.207. The number of nitrogens with zero attached hydrogens (tertiary/aromatic N) is 3. The van der Waals surface area contributed by atoms with Crippen LogP contribution in [0.15, 0.2) is 71.5 Å². The molecule has 1 atom stereocenters. The van der Waals surface area contributed by atoms with E-state index in [1.54, 1.807) is 35.5 Å². The number of hydrogen-bond acceptors (Lipinski definition) is 5. The lowest BCUT2D eigenvalue weighted by Crippen LogP contribution is -2.38. The van der Waals surface area contributed by atoms with Gasteiger partial charge in [-0.2, -0.15) is 0 Å². The van der Waals surface area contributed by atoms with Crippen molar-refractivity contribution in [2.24, 2.45) is 0 Å². The van der Waals surface area contributed by atoms with Gasteiger partial charge in [-0.25, -0.2) is 4.98 Å². The molecule has 1 aliphatic heterocycles. The predicted molar refractivity (Wildman–Crippen MR) is 105 cm³/mol. The minimum absolute atomic E-state index is 0.137. The van der Waals surface area contributed by atoms with E-state index in [-0.39, 0.29) is 23.3 Å². The fourth-order valence-corrected chi connectivity index (χ4v) is 3.76. The minimum Gasteiger partial charge on any atom is -0.508 e. The van der Waals surface area contributed by atoms with E-state index in [4.69, 9.17) is 4.52 Å². The summed E-state index contributed by atoms with van der Waals surface area (Å²) >= 11 is 0. The van der Waals surface area contributed by atoms with Crippen molar-refractivity contribution >= 4 is 5.91 Å². The van der Waals surface area contributed by atoms with E-state index in [1.165, 1.54) is 0 Å². The number of aromatic nitrogens is 3. The van der Waals surface area contributed by atoms with Crippen LogP contribution in [0.5, 0.6) is 5.75 Å². The van der Waals surface area contributed by atoms with E-state index < -0.39 is 0 Å². The van der Waals surface area contributed by atoms with Crippen molar-refractivity contribution in [1.82, 2.24) is 20.0 Å². The Morgan fingerprint density at radius 2 is 2.00 bits per heavy atom. The second kappa shape index (κ2) is 6.94. The van der Waals surface area contributed by atoms with Crippen LogP contribution in [0.25, 0.3) is 11.3 Å². The molecule has 0 bridgehead atoms. The molecule has 3 heterocycles. The van der Waals surface area contributed by atoms with Gasteiger partial charge in [0.05, 0.1) is 24.3 Å². The number of rotatable bonds is 3. The number of nitrogens with one attached hydrogen (secondary N) is 1. The summed E-state index contributed by atoms with van der Waals surface area (Å²) in [5, 5.41) is 13.9. The highest BCUT2D eigenvalue weighted by Gasteiger charge is 2.33. The molecular weight excluding hydrogens is 368 g/mol. The third kappa shape index (κ3) is 3.16. The van der Waals surface area contributed by atoms with E-state index in [9.17, 15) is 9.90 Å². The predicted octanol–water partition coefficient (Wildman–Crippen LogP) is 3.56. The van der Waals surface area contributed by atoms with Gasteiger partial charge in [0.2, 0.25) is 0 Å². The maximum Gasteiger partial charge on any atom is 0.276 e. The normalized spacial score (nSPS) is 15.9. The van der Waals surface area contributed by atoms with Crippen LogP contribution < -0.4 is 0 Å². The number of hydrogen-bond donors (Lipinski definition) is 2. The summed E-state index contributed by atoms with van der Waals surface area (Å²) in [4.78, 5) is 22.4. The first kappa shape index (κ1) is 17.2. The van der Waals surface area contributed by atoms with Crippen molar-refractivity contribution < 1.29 is 14.4 Å². The highest BCUT2D eigenvalue weighted by atomic mass is 16.5. The van der Waals surface area contributed by atoms with E-state index in [0.29, 0.717) is 18.8 Å². The van der Waals surface area contributed by atoms with Gasteiger partial charge in [-0.05, 0) is 17.7 Å². The van der Waals surface area contributed by atoms with Crippen molar-refractivity contribution in [3.05, 3.63) is 89.6 Å². The molecule has 1 unspecified atom stereocenters. The number of benzene rings is 2. The third-order valence-corrected chi connectivity index (χ3v) is 5.18. The zero-order valence-electron chi connectivity index (χ0n) is 15.4. The number of phenolic OH excluding ortho intramolecular Hbond substituents is 1. The van der Waals surface area contributed by atoms with Gasteiger partial charge in [0.1, 0.15) is 5.75 Å². The van der Waals surface area contributed by atoms with Gasteiger partial charge in [0, 0.05) is 24.1 Å². The molecule has 1 amide bonds. The molecule has 4 aromatic rings. The number of aromatic amines is 1. The fourth-order valence-electron chi connectivity index (χ4n) is 3.76.